The fourth-order valence-corrected chi connectivity index (χ4v) is 1.68. The maximum atomic E-state index is 5.63. The van der Waals surface area contributed by atoms with Gasteiger partial charge in [0.05, 0.1) is 0 Å². The van der Waals surface area contributed by atoms with Gasteiger partial charge < -0.3 is 15.2 Å². The van der Waals surface area contributed by atoms with E-state index in [0.29, 0.717) is 19.8 Å². The lowest BCUT2D eigenvalue weighted by Crippen LogP contribution is -2.15. The van der Waals surface area contributed by atoms with Crippen molar-refractivity contribution in [3.05, 3.63) is 29.3 Å². The Kier molecular flexibility index (Phi) is 3.15. The summed E-state index contributed by atoms with van der Waals surface area (Å²) in [5, 5.41) is 0. The highest BCUT2D eigenvalue weighted by atomic mass is 16.6. The minimum atomic E-state index is 0.584. The molecule has 1 aliphatic rings. The van der Waals surface area contributed by atoms with Crippen LogP contribution < -0.4 is 15.2 Å². The maximum Gasteiger partial charge on any atom is 0.161 e. The monoisotopic (exact) mass is 219 g/mol. The molecule has 0 atom stereocenters. The van der Waals surface area contributed by atoms with Gasteiger partial charge in [-0.1, -0.05) is 11.6 Å². The molecule has 0 aliphatic carbocycles. The summed E-state index contributed by atoms with van der Waals surface area (Å²) in [6, 6.07) is 6.02. The highest BCUT2D eigenvalue weighted by Crippen LogP contribution is 2.33. The number of allylic oxidation sites excluding steroid dienone is 1. The van der Waals surface area contributed by atoms with Crippen molar-refractivity contribution in [2.45, 2.75) is 13.8 Å². The molecule has 3 nitrogen and oxygen atoms in total. The van der Waals surface area contributed by atoms with E-state index >= 15 is 0 Å². The van der Waals surface area contributed by atoms with Gasteiger partial charge in [-0.05, 0) is 37.1 Å². The van der Waals surface area contributed by atoms with Gasteiger partial charge in [-0.2, -0.15) is 0 Å². The van der Waals surface area contributed by atoms with Gasteiger partial charge in [0.25, 0.3) is 0 Å². The van der Waals surface area contributed by atoms with E-state index in [0.717, 1.165) is 17.1 Å². The molecular formula is C13H17NO2. The molecule has 2 rings (SSSR count). The zero-order valence-electron chi connectivity index (χ0n) is 9.75. The molecule has 3 heteroatoms. The second-order valence-electron chi connectivity index (χ2n) is 3.97. The molecule has 86 valence electrons. The van der Waals surface area contributed by atoms with Crippen molar-refractivity contribution in [3.8, 4) is 11.5 Å². The first-order chi connectivity index (χ1) is 7.72. The van der Waals surface area contributed by atoms with Gasteiger partial charge in [0.2, 0.25) is 0 Å². The van der Waals surface area contributed by atoms with Crippen LogP contribution in [0.5, 0.6) is 11.5 Å². The van der Waals surface area contributed by atoms with Crippen LogP contribution in [0.4, 0.5) is 0 Å². The van der Waals surface area contributed by atoms with Crippen LogP contribution in [0.2, 0.25) is 0 Å². The zero-order valence-corrected chi connectivity index (χ0v) is 9.75. The van der Waals surface area contributed by atoms with Crippen molar-refractivity contribution in [2.24, 2.45) is 5.73 Å². The van der Waals surface area contributed by atoms with E-state index < -0.39 is 0 Å². The van der Waals surface area contributed by atoms with Gasteiger partial charge in [-0.15, -0.1) is 0 Å². The highest BCUT2D eigenvalue weighted by molar-refractivity contribution is 5.69. The molecule has 0 saturated heterocycles. The molecule has 1 aromatic rings. The Morgan fingerprint density at radius 1 is 1.19 bits per heavy atom. The Bertz CT molecular complexity index is 424. The van der Waals surface area contributed by atoms with E-state index in [1.54, 1.807) is 0 Å². The summed E-state index contributed by atoms with van der Waals surface area (Å²) in [5.41, 5.74) is 9.18. The third-order valence-corrected chi connectivity index (χ3v) is 2.92. The predicted molar refractivity (Wildman–Crippen MR) is 64.8 cm³/mol. The molecule has 0 fully saturated rings. The fraction of sp³-hybridized carbons (Fsp3) is 0.385. The Morgan fingerprint density at radius 3 is 2.56 bits per heavy atom. The van der Waals surface area contributed by atoms with Gasteiger partial charge in [0.15, 0.2) is 11.5 Å². The molecule has 2 N–H and O–H groups in total. The third-order valence-electron chi connectivity index (χ3n) is 2.92. The third kappa shape index (κ3) is 2.04. The number of fused-ring (bicyclic) bond motifs is 1. The number of nitrogens with two attached hydrogens (primary N) is 1. The van der Waals surface area contributed by atoms with Gasteiger partial charge in [-0.3, -0.25) is 0 Å². The molecule has 1 aromatic carbocycles. The van der Waals surface area contributed by atoms with Crippen LogP contribution in [0.1, 0.15) is 19.4 Å². The lowest BCUT2D eigenvalue weighted by molar-refractivity contribution is 0.171. The summed E-state index contributed by atoms with van der Waals surface area (Å²) in [6.45, 7) is 5.96. The van der Waals surface area contributed by atoms with Crippen LogP contribution in [0.3, 0.4) is 0 Å². The zero-order chi connectivity index (χ0) is 11.5. The van der Waals surface area contributed by atoms with Gasteiger partial charge >= 0.3 is 0 Å². The van der Waals surface area contributed by atoms with Crippen LogP contribution >= 0.6 is 0 Å². The van der Waals surface area contributed by atoms with E-state index in [4.69, 9.17) is 15.2 Å². The molecule has 0 spiro atoms. The summed E-state index contributed by atoms with van der Waals surface area (Å²) >= 11 is 0. The molecule has 0 aromatic heterocycles. The average molecular weight is 219 g/mol. The molecule has 0 amide bonds. The Morgan fingerprint density at radius 2 is 1.88 bits per heavy atom. The van der Waals surface area contributed by atoms with Crippen LogP contribution in [0.25, 0.3) is 5.57 Å². The van der Waals surface area contributed by atoms with E-state index in [-0.39, 0.29) is 0 Å². The molecular weight excluding hydrogens is 202 g/mol. The molecule has 0 unspecified atom stereocenters. The first kappa shape index (κ1) is 11.0. The topological polar surface area (TPSA) is 44.5 Å². The van der Waals surface area contributed by atoms with Gasteiger partial charge in [-0.25, -0.2) is 0 Å². The Labute approximate surface area is 95.9 Å². The van der Waals surface area contributed by atoms with Crippen molar-refractivity contribution >= 4 is 5.57 Å². The molecule has 0 radical (unpaired) electrons. The number of rotatable bonds is 2. The Hall–Kier alpha value is -1.48. The second-order valence-corrected chi connectivity index (χ2v) is 3.97. The van der Waals surface area contributed by atoms with Crippen molar-refractivity contribution in [2.75, 3.05) is 19.8 Å². The van der Waals surface area contributed by atoms with E-state index in [1.165, 1.54) is 11.1 Å². The minimum absolute atomic E-state index is 0.584. The van der Waals surface area contributed by atoms with Crippen LogP contribution in [0.15, 0.2) is 23.8 Å². The van der Waals surface area contributed by atoms with Crippen molar-refractivity contribution in [3.63, 3.8) is 0 Å². The quantitative estimate of drug-likeness (QED) is 0.829. The molecule has 1 heterocycles. The van der Waals surface area contributed by atoms with Gasteiger partial charge in [0, 0.05) is 6.54 Å². The molecule has 1 aliphatic heterocycles. The summed E-state index contributed by atoms with van der Waals surface area (Å²) in [6.07, 6.45) is 0. The summed E-state index contributed by atoms with van der Waals surface area (Å²) in [4.78, 5) is 0. The number of hydrogen-bond donors (Lipinski definition) is 1. The van der Waals surface area contributed by atoms with Crippen LogP contribution in [-0.2, 0) is 0 Å². The summed E-state index contributed by atoms with van der Waals surface area (Å²) < 4.78 is 11.0. The van der Waals surface area contributed by atoms with E-state index in [9.17, 15) is 0 Å². The molecule has 16 heavy (non-hydrogen) atoms. The average Bonchev–Trinajstić information content (AvgIpc) is 2.36. The summed E-state index contributed by atoms with van der Waals surface area (Å²) in [5.74, 6) is 1.65. The van der Waals surface area contributed by atoms with E-state index in [1.807, 2.05) is 25.1 Å². The Balaban J connectivity index is 2.37. The second kappa shape index (κ2) is 4.58. The van der Waals surface area contributed by atoms with Crippen molar-refractivity contribution < 1.29 is 9.47 Å². The van der Waals surface area contributed by atoms with E-state index in [2.05, 4.69) is 6.92 Å². The SMILES string of the molecule is C/C(CN)=C(/C)c1ccc2c(c1)OCCO2. The normalized spacial score (nSPS) is 15.7. The molecule has 0 bridgehead atoms. The predicted octanol–water partition coefficient (Wildman–Crippen LogP) is 2.21. The minimum Gasteiger partial charge on any atom is -0.486 e. The van der Waals surface area contributed by atoms with Crippen LogP contribution in [-0.4, -0.2) is 19.8 Å². The van der Waals surface area contributed by atoms with Gasteiger partial charge in [0.1, 0.15) is 13.2 Å². The first-order valence-electron chi connectivity index (χ1n) is 5.49. The standard InChI is InChI=1S/C13H17NO2/c1-9(8-14)10(2)11-3-4-12-13(7-11)16-6-5-15-12/h3-4,7H,5-6,8,14H2,1-2H3/b10-9+. The number of hydrogen-bond acceptors (Lipinski definition) is 3. The first-order valence-corrected chi connectivity index (χ1v) is 5.49. The lowest BCUT2D eigenvalue weighted by atomic mass is 10.0. The maximum absolute atomic E-state index is 5.63. The van der Waals surface area contributed by atoms with Crippen molar-refractivity contribution in [1.82, 2.24) is 0 Å². The van der Waals surface area contributed by atoms with Crippen molar-refractivity contribution in [1.29, 1.82) is 0 Å². The largest absolute Gasteiger partial charge is 0.486 e. The molecule has 0 saturated carbocycles. The number of benzene rings is 1. The summed E-state index contributed by atoms with van der Waals surface area (Å²) in [7, 11) is 0. The fourth-order valence-electron chi connectivity index (χ4n) is 1.68. The van der Waals surface area contributed by atoms with Crippen LogP contribution in [0, 0.1) is 0 Å². The lowest BCUT2D eigenvalue weighted by Gasteiger charge is -2.19. The number of ether oxygens (including phenoxy) is 2. The highest BCUT2D eigenvalue weighted by Gasteiger charge is 2.12. The smallest absolute Gasteiger partial charge is 0.161 e.